The van der Waals surface area contributed by atoms with E-state index in [1.165, 1.54) is 10.9 Å². The number of aromatic nitrogens is 4. The van der Waals surface area contributed by atoms with Gasteiger partial charge in [-0.3, -0.25) is 0 Å². The zero-order chi connectivity index (χ0) is 19.5. The van der Waals surface area contributed by atoms with E-state index in [1.54, 1.807) is 12.1 Å². The lowest BCUT2D eigenvalue weighted by molar-refractivity contribution is 0.171. The molecule has 0 amide bonds. The first-order valence-corrected chi connectivity index (χ1v) is 8.69. The molecule has 3 aromatic rings. The summed E-state index contributed by atoms with van der Waals surface area (Å²) in [6, 6.07) is 10.9. The van der Waals surface area contributed by atoms with Gasteiger partial charge in [0.1, 0.15) is 25.4 Å². The standard InChI is InChI=1S/C19H18FN5O3/c20-9-13(10-21)11-25-19(26)24(12-22-25)18-3-1-2-15(23-18)14-4-5-16-17(8-14)28-7-6-27-16/h1-5,8-9,12H,6-7,10-11,21H2/b13-9+. The molecular formula is C19H18FN5O3. The van der Waals surface area contributed by atoms with E-state index in [9.17, 15) is 9.18 Å². The summed E-state index contributed by atoms with van der Waals surface area (Å²) in [6.45, 7) is 1.02. The van der Waals surface area contributed by atoms with Crippen LogP contribution in [0.4, 0.5) is 4.39 Å². The number of rotatable bonds is 5. The second kappa shape index (κ2) is 7.65. The van der Waals surface area contributed by atoms with Crippen LogP contribution in [0.25, 0.3) is 17.1 Å². The Morgan fingerprint density at radius 3 is 2.82 bits per heavy atom. The number of hydrogen-bond donors (Lipinski definition) is 1. The average Bonchev–Trinajstić information content (AvgIpc) is 3.11. The molecule has 0 unspecified atom stereocenters. The molecule has 28 heavy (non-hydrogen) atoms. The van der Waals surface area contributed by atoms with Crippen LogP contribution in [0.15, 0.2) is 59.4 Å². The van der Waals surface area contributed by atoms with Crippen LogP contribution in [0.3, 0.4) is 0 Å². The Hall–Kier alpha value is -3.46. The predicted octanol–water partition coefficient (Wildman–Crippen LogP) is 1.68. The summed E-state index contributed by atoms with van der Waals surface area (Å²) in [5, 5.41) is 4.02. The van der Waals surface area contributed by atoms with Crippen LogP contribution in [0.2, 0.25) is 0 Å². The van der Waals surface area contributed by atoms with Crippen molar-refractivity contribution in [1.82, 2.24) is 19.3 Å². The number of hydrogen-bond acceptors (Lipinski definition) is 6. The van der Waals surface area contributed by atoms with Crippen molar-refractivity contribution in [2.24, 2.45) is 5.73 Å². The van der Waals surface area contributed by atoms with Gasteiger partial charge in [-0.05, 0) is 35.9 Å². The number of benzene rings is 1. The molecule has 2 N–H and O–H groups in total. The average molecular weight is 383 g/mol. The Kier molecular flexibility index (Phi) is 4.90. The Balaban J connectivity index is 1.67. The zero-order valence-corrected chi connectivity index (χ0v) is 14.9. The van der Waals surface area contributed by atoms with Gasteiger partial charge < -0.3 is 15.2 Å². The van der Waals surface area contributed by atoms with E-state index in [-0.39, 0.29) is 18.7 Å². The number of halogens is 1. The van der Waals surface area contributed by atoms with E-state index in [4.69, 9.17) is 15.2 Å². The van der Waals surface area contributed by atoms with Crippen molar-refractivity contribution in [3.8, 4) is 28.6 Å². The summed E-state index contributed by atoms with van der Waals surface area (Å²) in [7, 11) is 0. The van der Waals surface area contributed by atoms with Crippen molar-refractivity contribution < 1.29 is 13.9 Å². The second-order valence-corrected chi connectivity index (χ2v) is 6.15. The van der Waals surface area contributed by atoms with Crippen LogP contribution in [-0.2, 0) is 6.54 Å². The van der Waals surface area contributed by atoms with Gasteiger partial charge in [0.15, 0.2) is 11.5 Å². The molecule has 3 heterocycles. The minimum atomic E-state index is -0.431. The number of nitrogens with two attached hydrogens (primary N) is 1. The number of nitrogens with zero attached hydrogens (tertiary/aromatic N) is 4. The van der Waals surface area contributed by atoms with Gasteiger partial charge in [0.25, 0.3) is 0 Å². The third-order valence-corrected chi connectivity index (χ3v) is 4.32. The summed E-state index contributed by atoms with van der Waals surface area (Å²) < 4.78 is 26.3. The van der Waals surface area contributed by atoms with Gasteiger partial charge >= 0.3 is 5.69 Å². The van der Waals surface area contributed by atoms with Gasteiger partial charge in [-0.1, -0.05) is 6.07 Å². The minimum absolute atomic E-state index is 0.00759. The van der Waals surface area contributed by atoms with Crippen molar-refractivity contribution >= 4 is 0 Å². The van der Waals surface area contributed by atoms with Crippen LogP contribution in [0.5, 0.6) is 11.5 Å². The third kappa shape index (κ3) is 3.39. The molecule has 0 saturated heterocycles. The molecule has 1 aliphatic heterocycles. The topological polar surface area (TPSA) is 97.2 Å². The Bertz CT molecular complexity index is 1090. The molecule has 144 valence electrons. The molecule has 9 heteroatoms. The second-order valence-electron chi connectivity index (χ2n) is 6.15. The fraction of sp³-hybridized carbons (Fsp3) is 0.211. The van der Waals surface area contributed by atoms with Crippen LogP contribution >= 0.6 is 0 Å². The number of fused-ring (bicyclic) bond motifs is 1. The van der Waals surface area contributed by atoms with E-state index in [2.05, 4.69) is 10.1 Å². The molecule has 0 aliphatic carbocycles. The third-order valence-electron chi connectivity index (χ3n) is 4.32. The lowest BCUT2D eigenvalue weighted by atomic mass is 10.1. The maximum atomic E-state index is 12.7. The fourth-order valence-corrected chi connectivity index (χ4v) is 2.86. The van der Waals surface area contributed by atoms with Crippen LogP contribution in [0, 0.1) is 0 Å². The first-order chi connectivity index (χ1) is 13.7. The van der Waals surface area contributed by atoms with Gasteiger partial charge in [-0.2, -0.15) is 5.10 Å². The van der Waals surface area contributed by atoms with E-state index in [0.29, 0.717) is 42.6 Å². The first-order valence-electron chi connectivity index (χ1n) is 8.69. The van der Waals surface area contributed by atoms with Crippen LogP contribution < -0.4 is 20.9 Å². The molecule has 0 radical (unpaired) electrons. The largest absolute Gasteiger partial charge is 0.486 e. The summed E-state index contributed by atoms with van der Waals surface area (Å²) in [5.74, 6) is 1.76. The van der Waals surface area contributed by atoms with E-state index < -0.39 is 5.69 Å². The molecule has 2 aromatic heterocycles. The molecule has 1 aromatic carbocycles. The summed E-state index contributed by atoms with van der Waals surface area (Å²) in [5.41, 5.74) is 6.78. The lowest BCUT2D eigenvalue weighted by Crippen LogP contribution is -2.26. The zero-order valence-electron chi connectivity index (χ0n) is 14.9. The van der Waals surface area contributed by atoms with Gasteiger partial charge in [0.2, 0.25) is 0 Å². The Morgan fingerprint density at radius 1 is 1.21 bits per heavy atom. The molecule has 0 fully saturated rings. The predicted molar refractivity (Wildman–Crippen MR) is 100 cm³/mol. The van der Waals surface area contributed by atoms with E-state index in [0.717, 1.165) is 10.2 Å². The van der Waals surface area contributed by atoms with Crippen molar-refractivity contribution in [1.29, 1.82) is 0 Å². The van der Waals surface area contributed by atoms with Crippen molar-refractivity contribution in [2.45, 2.75) is 6.54 Å². The number of ether oxygens (including phenoxy) is 2. The van der Waals surface area contributed by atoms with Gasteiger partial charge in [0, 0.05) is 12.1 Å². The van der Waals surface area contributed by atoms with Gasteiger partial charge in [-0.15, -0.1) is 0 Å². The Morgan fingerprint density at radius 2 is 2.04 bits per heavy atom. The maximum Gasteiger partial charge on any atom is 0.351 e. The normalized spacial score (nSPS) is 13.6. The SMILES string of the molecule is NC/C(=C\F)Cn1ncn(-c2cccc(-c3ccc4c(c3)OCCO4)n2)c1=O. The van der Waals surface area contributed by atoms with E-state index >= 15 is 0 Å². The molecule has 0 bridgehead atoms. The van der Waals surface area contributed by atoms with Gasteiger partial charge in [0.05, 0.1) is 18.6 Å². The summed E-state index contributed by atoms with van der Waals surface area (Å²) in [4.78, 5) is 17.1. The maximum absolute atomic E-state index is 12.7. The van der Waals surface area contributed by atoms with Crippen molar-refractivity contribution in [3.63, 3.8) is 0 Å². The van der Waals surface area contributed by atoms with Crippen molar-refractivity contribution in [3.05, 3.63) is 65.1 Å². The minimum Gasteiger partial charge on any atom is -0.486 e. The molecule has 0 atom stereocenters. The highest BCUT2D eigenvalue weighted by atomic mass is 19.1. The summed E-state index contributed by atoms with van der Waals surface area (Å²) >= 11 is 0. The molecule has 0 spiro atoms. The molecular weight excluding hydrogens is 365 g/mol. The molecule has 0 saturated carbocycles. The monoisotopic (exact) mass is 383 g/mol. The summed E-state index contributed by atoms with van der Waals surface area (Å²) in [6.07, 6.45) is 1.75. The smallest absolute Gasteiger partial charge is 0.351 e. The highest BCUT2D eigenvalue weighted by molar-refractivity contribution is 5.64. The Labute approximate surface area is 159 Å². The number of pyridine rings is 1. The molecule has 1 aliphatic rings. The first kappa shape index (κ1) is 17.9. The van der Waals surface area contributed by atoms with Crippen LogP contribution in [0.1, 0.15) is 0 Å². The quantitative estimate of drug-likeness (QED) is 0.720. The molecule has 4 rings (SSSR count). The van der Waals surface area contributed by atoms with E-state index in [1.807, 2.05) is 24.3 Å². The van der Waals surface area contributed by atoms with Crippen LogP contribution in [-0.4, -0.2) is 39.1 Å². The highest BCUT2D eigenvalue weighted by Crippen LogP contribution is 2.34. The lowest BCUT2D eigenvalue weighted by Gasteiger charge is -2.18. The van der Waals surface area contributed by atoms with Gasteiger partial charge in [-0.25, -0.2) is 23.4 Å². The fourth-order valence-electron chi connectivity index (χ4n) is 2.86. The highest BCUT2D eigenvalue weighted by Gasteiger charge is 2.14. The molecule has 8 nitrogen and oxygen atoms in total. The van der Waals surface area contributed by atoms with Crippen molar-refractivity contribution in [2.75, 3.05) is 19.8 Å².